The first-order valence-electron chi connectivity index (χ1n) is 7.16. The van der Waals surface area contributed by atoms with Crippen LogP contribution in [0.25, 0.3) is 0 Å². The van der Waals surface area contributed by atoms with Crippen LogP contribution in [0.1, 0.15) is 11.1 Å². The fraction of sp³-hybridized carbons (Fsp3) is 0.250. The third-order valence-corrected chi connectivity index (χ3v) is 5.20. The van der Waals surface area contributed by atoms with Gasteiger partial charge in [0, 0.05) is 6.54 Å². The van der Waals surface area contributed by atoms with E-state index in [1.807, 2.05) is 0 Å². The molecule has 0 heterocycles. The Kier molecular flexibility index (Phi) is 6.05. The summed E-state index contributed by atoms with van der Waals surface area (Å²) in [6.45, 7) is -0.146. The van der Waals surface area contributed by atoms with Crippen molar-refractivity contribution in [1.29, 1.82) is 0 Å². The lowest BCUT2D eigenvalue weighted by atomic mass is 10.2. The molecule has 2 rings (SSSR count). The predicted octanol–water partition coefficient (Wildman–Crippen LogP) is 3.85. The Morgan fingerprint density at radius 1 is 1.04 bits per heavy atom. The molecule has 0 spiro atoms. The number of nitrogens with one attached hydrogen (secondary N) is 1. The normalized spacial score (nSPS) is 12.1. The van der Waals surface area contributed by atoms with E-state index in [1.54, 1.807) is 18.2 Å². The second kappa shape index (κ2) is 7.73. The van der Waals surface area contributed by atoms with Crippen molar-refractivity contribution in [3.05, 3.63) is 52.5 Å². The average molecular weight is 410 g/mol. The molecular weight excluding hydrogens is 395 g/mol. The summed E-state index contributed by atoms with van der Waals surface area (Å²) >= 11 is 5.50. The molecule has 0 radical (unpaired) electrons. The predicted molar refractivity (Wildman–Crippen MR) is 90.0 cm³/mol. The second-order valence-electron chi connectivity index (χ2n) is 5.15. The zero-order valence-electron chi connectivity index (χ0n) is 13.7. The van der Waals surface area contributed by atoms with E-state index in [0.717, 1.165) is 12.1 Å². The number of alkyl halides is 3. The number of halogens is 4. The highest BCUT2D eigenvalue weighted by Gasteiger charge is 2.34. The molecule has 0 fully saturated rings. The zero-order chi connectivity index (χ0) is 19.5. The van der Waals surface area contributed by atoms with Crippen molar-refractivity contribution in [2.45, 2.75) is 17.6 Å². The first kappa shape index (κ1) is 20.3. The molecule has 0 aromatic heterocycles. The van der Waals surface area contributed by atoms with Crippen LogP contribution in [0.5, 0.6) is 11.5 Å². The Bertz CT molecular complexity index is 901. The molecule has 0 atom stereocenters. The van der Waals surface area contributed by atoms with Crippen LogP contribution in [-0.4, -0.2) is 22.6 Å². The molecule has 0 aliphatic heterocycles. The van der Waals surface area contributed by atoms with Gasteiger partial charge in [0.2, 0.25) is 10.0 Å². The van der Waals surface area contributed by atoms with Gasteiger partial charge < -0.3 is 9.47 Å². The van der Waals surface area contributed by atoms with Crippen molar-refractivity contribution in [1.82, 2.24) is 4.72 Å². The van der Waals surface area contributed by atoms with Gasteiger partial charge in [0.05, 0.1) is 29.7 Å². The minimum Gasteiger partial charge on any atom is -0.493 e. The molecule has 2 aromatic rings. The largest absolute Gasteiger partial charge is 0.493 e. The Balaban J connectivity index is 2.25. The molecular formula is C16H15ClF3NO4S. The lowest BCUT2D eigenvalue weighted by molar-refractivity contribution is -0.137. The van der Waals surface area contributed by atoms with Gasteiger partial charge in [-0.05, 0) is 35.9 Å². The van der Waals surface area contributed by atoms with E-state index in [-0.39, 0.29) is 6.54 Å². The van der Waals surface area contributed by atoms with E-state index in [4.69, 9.17) is 21.1 Å². The number of rotatable bonds is 6. The van der Waals surface area contributed by atoms with Crippen molar-refractivity contribution in [3.63, 3.8) is 0 Å². The fourth-order valence-electron chi connectivity index (χ4n) is 2.14. The van der Waals surface area contributed by atoms with Crippen molar-refractivity contribution in [2.24, 2.45) is 0 Å². The lowest BCUT2D eigenvalue weighted by Gasteiger charge is -2.13. The minimum atomic E-state index is -4.76. The number of sulfonamides is 1. The molecule has 142 valence electrons. The summed E-state index contributed by atoms with van der Waals surface area (Å²) in [5.41, 5.74) is -0.676. The Hall–Kier alpha value is -1.97. The number of hydrogen-bond acceptors (Lipinski definition) is 4. The summed E-state index contributed by atoms with van der Waals surface area (Å²) in [7, 11) is -1.29. The zero-order valence-corrected chi connectivity index (χ0v) is 15.3. The highest BCUT2D eigenvalue weighted by Crippen LogP contribution is 2.36. The standard InChI is InChI=1S/C16H15ClF3NO4S/c1-24-14-6-3-10(7-15(14)25-2)9-21-26(22,23)11-4-5-13(17)12(8-11)16(18,19)20/h3-8,21H,9H2,1-2H3. The van der Waals surface area contributed by atoms with Crippen LogP contribution in [0.15, 0.2) is 41.3 Å². The molecule has 0 unspecified atom stereocenters. The van der Waals surface area contributed by atoms with E-state index in [2.05, 4.69) is 4.72 Å². The highest BCUT2D eigenvalue weighted by atomic mass is 35.5. The molecule has 0 bridgehead atoms. The van der Waals surface area contributed by atoms with Crippen molar-refractivity contribution >= 4 is 21.6 Å². The number of ether oxygens (including phenoxy) is 2. The third kappa shape index (κ3) is 4.60. The van der Waals surface area contributed by atoms with Crippen LogP contribution in [0.4, 0.5) is 13.2 Å². The van der Waals surface area contributed by atoms with Crippen molar-refractivity contribution in [2.75, 3.05) is 14.2 Å². The van der Waals surface area contributed by atoms with Gasteiger partial charge in [0.15, 0.2) is 11.5 Å². The Morgan fingerprint density at radius 3 is 2.27 bits per heavy atom. The summed E-state index contributed by atoms with van der Waals surface area (Å²) < 4.78 is 75.7. The highest BCUT2D eigenvalue weighted by molar-refractivity contribution is 7.89. The van der Waals surface area contributed by atoms with Gasteiger partial charge in [-0.1, -0.05) is 17.7 Å². The van der Waals surface area contributed by atoms with Crippen molar-refractivity contribution in [3.8, 4) is 11.5 Å². The molecule has 1 N–H and O–H groups in total. The number of methoxy groups -OCH3 is 2. The summed E-state index contributed by atoms with van der Waals surface area (Å²) in [5.74, 6) is 0.863. The average Bonchev–Trinajstić information content (AvgIpc) is 2.58. The summed E-state index contributed by atoms with van der Waals surface area (Å²) in [6, 6.07) is 7.16. The van der Waals surface area contributed by atoms with Crippen LogP contribution >= 0.6 is 11.6 Å². The molecule has 0 saturated carbocycles. The van der Waals surface area contributed by atoms with Gasteiger partial charge in [-0.2, -0.15) is 13.2 Å². The molecule has 10 heteroatoms. The van der Waals surface area contributed by atoms with E-state index >= 15 is 0 Å². The molecule has 26 heavy (non-hydrogen) atoms. The van der Waals surface area contributed by atoms with Crippen LogP contribution in [-0.2, 0) is 22.7 Å². The maximum Gasteiger partial charge on any atom is 0.417 e. The van der Waals surface area contributed by atoms with Gasteiger partial charge >= 0.3 is 6.18 Å². The monoisotopic (exact) mass is 409 g/mol. The van der Waals surface area contributed by atoms with Crippen LogP contribution in [0.3, 0.4) is 0 Å². The summed E-state index contributed by atoms with van der Waals surface area (Å²) in [6.07, 6.45) is -4.76. The summed E-state index contributed by atoms with van der Waals surface area (Å²) in [5, 5.41) is -0.573. The first-order chi connectivity index (χ1) is 12.1. The smallest absolute Gasteiger partial charge is 0.417 e. The molecule has 0 aliphatic rings. The topological polar surface area (TPSA) is 64.6 Å². The molecule has 0 amide bonds. The number of benzene rings is 2. The molecule has 2 aromatic carbocycles. The van der Waals surface area contributed by atoms with Crippen molar-refractivity contribution < 1.29 is 31.1 Å². The Labute approximate surface area is 153 Å². The van der Waals surface area contributed by atoms with Gasteiger partial charge in [-0.15, -0.1) is 0 Å². The third-order valence-electron chi connectivity index (χ3n) is 3.47. The van der Waals surface area contributed by atoms with Gasteiger partial charge in [-0.3, -0.25) is 0 Å². The van der Waals surface area contributed by atoms with E-state index < -0.39 is 31.7 Å². The quantitative estimate of drug-likeness (QED) is 0.787. The van der Waals surface area contributed by atoms with Crippen LogP contribution in [0, 0.1) is 0 Å². The minimum absolute atomic E-state index is 0.146. The maximum absolute atomic E-state index is 12.9. The Morgan fingerprint density at radius 2 is 1.69 bits per heavy atom. The van der Waals surface area contributed by atoms with Gasteiger partial charge in [0.1, 0.15) is 0 Å². The molecule has 0 saturated heterocycles. The SMILES string of the molecule is COc1ccc(CNS(=O)(=O)c2ccc(Cl)c(C(F)(F)F)c2)cc1OC. The lowest BCUT2D eigenvalue weighted by Crippen LogP contribution is -2.23. The van der Waals surface area contributed by atoms with E-state index in [0.29, 0.717) is 23.1 Å². The molecule has 5 nitrogen and oxygen atoms in total. The summed E-state index contributed by atoms with van der Waals surface area (Å²) in [4.78, 5) is -0.533. The van der Waals surface area contributed by atoms with E-state index in [9.17, 15) is 21.6 Å². The van der Waals surface area contributed by atoms with Crippen LogP contribution in [0.2, 0.25) is 5.02 Å². The first-order valence-corrected chi connectivity index (χ1v) is 9.02. The van der Waals surface area contributed by atoms with Crippen LogP contribution < -0.4 is 14.2 Å². The second-order valence-corrected chi connectivity index (χ2v) is 7.33. The number of hydrogen-bond donors (Lipinski definition) is 1. The van der Waals surface area contributed by atoms with Gasteiger partial charge in [-0.25, -0.2) is 13.1 Å². The fourth-order valence-corrected chi connectivity index (χ4v) is 3.41. The molecule has 0 aliphatic carbocycles. The van der Waals surface area contributed by atoms with E-state index in [1.165, 1.54) is 14.2 Å². The maximum atomic E-state index is 12.9. The van der Waals surface area contributed by atoms with Gasteiger partial charge in [0.25, 0.3) is 0 Å².